The maximum Gasteiger partial charge on any atom is 0.417 e. The van der Waals surface area contributed by atoms with Crippen LogP contribution in [0, 0.1) is 19.3 Å². The number of benzene rings is 2. The summed E-state index contributed by atoms with van der Waals surface area (Å²) >= 11 is 0. The van der Waals surface area contributed by atoms with Gasteiger partial charge in [-0.3, -0.25) is 4.90 Å². The number of terminal acetylenes is 1. The molecular formula is C24H24F3NO3. The summed E-state index contributed by atoms with van der Waals surface area (Å²) in [4.78, 5) is 14.0. The molecule has 1 aromatic rings. The largest absolute Gasteiger partial charge is 0.481 e. The van der Waals surface area contributed by atoms with Crippen LogP contribution in [0.5, 0.6) is 5.75 Å². The molecule has 7 heteroatoms. The van der Waals surface area contributed by atoms with E-state index >= 15 is 0 Å². The van der Waals surface area contributed by atoms with Crippen LogP contribution in [0.2, 0.25) is 0 Å². The molecule has 1 aromatic carbocycles. The third-order valence-electron chi connectivity index (χ3n) is 4.80. The molecule has 164 valence electrons. The minimum Gasteiger partial charge on any atom is -0.481 e. The molecule has 0 saturated heterocycles. The lowest BCUT2D eigenvalue weighted by atomic mass is 9.86. The minimum atomic E-state index is -4.15. The fourth-order valence-electron chi connectivity index (χ4n) is 3.47. The molecular weight excluding hydrogens is 407 g/mol. The van der Waals surface area contributed by atoms with Gasteiger partial charge >= 0.3 is 12.3 Å². The van der Waals surface area contributed by atoms with E-state index in [4.69, 9.17) is 15.9 Å². The van der Waals surface area contributed by atoms with Crippen molar-refractivity contribution in [2.75, 3.05) is 18.1 Å². The average molecular weight is 431 g/mol. The number of carbonyl (C=O) groups excluding carboxylic acids is 1. The Labute approximate surface area is 180 Å². The van der Waals surface area contributed by atoms with E-state index in [2.05, 4.69) is 5.92 Å². The highest BCUT2D eigenvalue weighted by molar-refractivity contribution is 5.92. The normalized spacial score (nSPS) is 13.5. The Morgan fingerprint density at radius 3 is 2.35 bits per heavy atom. The zero-order valence-electron chi connectivity index (χ0n) is 17.9. The quantitative estimate of drug-likeness (QED) is 0.468. The van der Waals surface area contributed by atoms with Crippen LogP contribution >= 0.6 is 0 Å². The van der Waals surface area contributed by atoms with Crippen LogP contribution in [0.4, 0.5) is 23.7 Å². The lowest BCUT2D eigenvalue weighted by Gasteiger charge is -2.25. The first-order valence-electron chi connectivity index (χ1n) is 9.82. The van der Waals surface area contributed by atoms with Crippen LogP contribution < -0.4 is 9.64 Å². The second kappa shape index (κ2) is 8.18. The lowest BCUT2D eigenvalue weighted by Crippen LogP contribution is -2.36. The predicted molar refractivity (Wildman–Crippen MR) is 113 cm³/mol. The number of hydrogen-bond acceptors (Lipinski definition) is 3. The lowest BCUT2D eigenvalue weighted by molar-refractivity contribution is -0.137. The summed E-state index contributed by atoms with van der Waals surface area (Å²) in [6.07, 6.45) is 1.54. The highest BCUT2D eigenvalue weighted by Gasteiger charge is 2.38. The summed E-state index contributed by atoms with van der Waals surface area (Å²) in [6, 6.07) is 8.17. The maximum absolute atomic E-state index is 12.3. The number of nitrogens with zero attached hydrogens (tertiary/aromatic N) is 1. The Kier molecular flexibility index (Phi) is 5.95. The second-order valence-electron chi connectivity index (χ2n) is 8.38. The van der Waals surface area contributed by atoms with Gasteiger partial charge in [-0.05, 0) is 74.6 Å². The molecule has 0 fully saturated rings. The highest BCUT2D eigenvalue weighted by Crippen LogP contribution is 2.45. The van der Waals surface area contributed by atoms with Crippen LogP contribution in [0.3, 0.4) is 0 Å². The van der Waals surface area contributed by atoms with Gasteiger partial charge in [0.1, 0.15) is 18.0 Å². The molecule has 3 aliphatic rings. The van der Waals surface area contributed by atoms with Crippen molar-refractivity contribution in [3.05, 3.63) is 47.0 Å². The molecule has 0 radical (unpaired) electrons. The van der Waals surface area contributed by atoms with Crippen molar-refractivity contribution in [2.45, 2.75) is 45.9 Å². The van der Waals surface area contributed by atoms with Gasteiger partial charge in [-0.15, -0.1) is 6.42 Å². The fourth-order valence-corrected chi connectivity index (χ4v) is 3.47. The van der Waals surface area contributed by atoms with Crippen molar-refractivity contribution in [1.29, 1.82) is 0 Å². The smallest absolute Gasteiger partial charge is 0.417 e. The topological polar surface area (TPSA) is 38.8 Å². The van der Waals surface area contributed by atoms with Crippen molar-refractivity contribution >= 4 is 11.8 Å². The predicted octanol–water partition coefficient (Wildman–Crippen LogP) is 5.99. The van der Waals surface area contributed by atoms with Gasteiger partial charge in [-0.1, -0.05) is 18.1 Å². The van der Waals surface area contributed by atoms with Crippen molar-refractivity contribution in [3.63, 3.8) is 0 Å². The van der Waals surface area contributed by atoms with Gasteiger partial charge in [0.25, 0.3) is 0 Å². The van der Waals surface area contributed by atoms with Crippen molar-refractivity contribution in [2.24, 2.45) is 0 Å². The number of ether oxygens (including phenoxy) is 2. The second-order valence-corrected chi connectivity index (χ2v) is 8.38. The maximum atomic E-state index is 12.3. The monoisotopic (exact) mass is 431 g/mol. The first kappa shape index (κ1) is 22.5. The van der Waals surface area contributed by atoms with E-state index in [1.807, 2.05) is 39.8 Å². The number of rotatable bonds is 2. The van der Waals surface area contributed by atoms with Gasteiger partial charge in [0.2, 0.25) is 0 Å². The van der Waals surface area contributed by atoms with E-state index in [0.29, 0.717) is 12.1 Å². The van der Waals surface area contributed by atoms with Crippen molar-refractivity contribution in [1.82, 2.24) is 0 Å². The molecule has 1 amide bonds. The highest BCUT2D eigenvalue weighted by atomic mass is 19.4. The number of fused-ring (bicyclic) bond motifs is 2. The Balaban J connectivity index is 0.000000225. The first-order chi connectivity index (χ1) is 14.4. The number of anilines is 1. The molecule has 1 heterocycles. The number of halogens is 3. The molecule has 0 atom stereocenters. The van der Waals surface area contributed by atoms with Gasteiger partial charge in [-0.2, -0.15) is 13.2 Å². The number of carbonyl (C=O) groups is 1. The molecule has 1 aliphatic heterocycles. The molecule has 31 heavy (non-hydrogen) atoms. The molecule has 2 aliphatic carbocycles. The van der Waals surface area contributed by atoms with E-state index < -0.39 is 17.3 Å². The zero-order chi connectivity index (χ0) is 23.0. The molecule has 0 unspecified atom stereocenters. The summed E-state index contributed by atoms with van der Waals surface area (Å²) < 4.78 is 46.4. The Hall–Kier alpha value is -3.14. The van der Waals surface area contributed by atoms with Crippen LogP contribution in [0.1, 0.15) is 37.5 Å². The summed E-state index contributed by atoms with van der Waals surface area (Å²) in [5, 5.41) is 0. The van der Waals surface area contributed by atoms with Crippen molar-refractivity contribution in [3.8, 4) is 29.2 Å². The number of hydrogen-bond donors (Lipinski definition) is 0. The minimum absolute atomic E-state index is 0.244. The Morgan fingerprint density at radius 2 is 1.90 bits per heavy atom. The van der Waals surface area contributed by atoms with Gasteiger partial charge in [-0.25, -0.2) is 4.79 Å². The molecule has 0 aromatic heterocycles. The molecule has 0 bridgehead atoms. The molecule has 0 saturated carbocycles. The number of amides is 1. The van der Waals surface area contributed by atoms with Crippen LogP contribution in [0.15, 0.2) is 30.3 Å². The van der Waals surface area contributed by atoms with Gasteiger partial charge in [0.05, 0.1) is 11.3 Å². The Bertz CT molecular complexity index is 1050. The van der Waals surface area contributed by atoms with Gasteiger partial charge in [0, 0.05) is 6.54 Å². The first-order valence-corrected chi connectivity index (χ1v) is 9.82. The zero-order valence-corrected chi connectivity index (χ0v) is 17.9. The van der Waals surface area contributed by atoms with E-state index in [-0.39, 0.29) is 12.7 Å². The van der Waals surface area contributed by atoms with E-state index in [0.717, 1.165) is 40.6 Å². The molecule has 4 rings (SSSR count). The summed E-state index contributed by atoms with van der Waals surface area (Å²) in [7, 11) is 0. The average Bonchev–Trinajstić information content (AvgIpc) is 3.05. The third kappa shape index (κ3) is 4.96. The van der Waals surface area contributed by atoms with Crippen LogP contribution in [0.25, 0.3) is 11.1 Å². The standard InChI is InChI=1S/C17H21NO3.C7H3F3/c1-6-9-20-14-10-12(2)15-13(11-14)7-8-18(15)16(19)21-17(3,4)5;8-7(9,10)6-3-4-1-2-5(4)6/h1,10-11H,7-9H2,2-5H3;1-3H. The summed E-state index contributed by atoms with van der Waals surface area (Å²) in [5.41, 5.74) is 3.13. The third-order valence-corrected chi connectivity index (χ3v) is 4.80. The van der Waals surface area contributed by atoms with E-state index in [1.165, 1.54) is 6.07 Å². The van der Waals surface area contributed by atoms with E-state index in [1.54, 1.807) is 11.0 Å². The Morgan fingerprint density at radius 1 is 1.19 bits per heavy atom. The molecule has 0 spiro atoms. The summed E-state index contributed by atoms with van der Waals surface area (Å²) in [6.45, 7) is 8.43. The SMILES string of the molecule is C#CCOc1cc(C)c2c(c1)CCN2C(=O)OC(C)(C)C.FC(F)(F)c1cc2ccc1-2. The van der Waals surface area contributed by atoms with E-state index in [9.17, 15) is 18.0 Å². The van der Waals surface area contributed by atoms with Crippen LogP contribution in [-0.4, -0.2) is 24.8 Å². The van der Waals surface area contributed by atoms with Gasteiger partial charge < -0.3 is 9.47 Å². The van der Waals surface area contributed by atoms with Crippen LogP contribution in [-0.2, 0) is 17.3 Å². The molecule has 4 nitrogen and oxygen atoms in total. The number of alkyl halides is 3. The fraction of sp³-hybridized carbons (Fsp3) is 0.375. The van der Waals surface area contributed by atoms with Gasteiger partial charge in [0.15, 0.2) is 0 Å². The van der Waals surface area contributed by atoms with Crippen molar-refractivity contribution < 1.29 is 27.4 Å². The molecule has 0 N–H and O–H groups in total. The summed E-state index contributed by atoms with van der Waals surface area (Å²) in [5.74, 6) is 3.19. The number of aryl methyl sites for hydroxylation is 1.